The highest BCUT2D eigenvalue weighted by molar-refractivity contribution is 5.83. The van der Waals surface area contributed by atoms with Crippen LogP contribution in [-0.4, -0.2) is 18.4 Å². The van der Waals surface area contributed by atoms with Crippen molar-refractivity contribution in [3.8, 4) is 0 Å². The molecule has 0 spiro atoms. The SMILES string of the molecule is O=C(CCNC(=O)Cc1ccccc1)NCc1ccc2ccccc2c1. The number of amides is 2. The van der Waals surface area contributed by atoms with E-state index in [0.29, 0.717) is 19.5 Å². The zero-order chi connectivity index (χ0) is 18.2. The molecule has 0 fully saturated rings. The maximum atomic E-state index is 12.0. The minimum atomic E-state index is -0.0711. The molecule has 0 bridgehead atoms. The fourth-order valence-electron chi connectivity index (χ4n) is 2.80. The normalized spacial score (nSPS) is 10.5. The van der Waals surface area contributed by atoms with Crippen LogP contribution in [0.3, 0.4) is 0 Å². The van der Waals surface area contributed by atoms with Crippen LogP contribution in [0.2, 0.25) is 0 Å². The van der Waals surface area contributed by atoms with Gasteiger partial charge in [0.05, 0.1) is 6.42 Å². The van der Waals surface area contributed by atoms with Crippen molar-refractivity contribution in [2.75, 3.05) is 6.54 Å². The van der Waals surface area contributed by atoms with E-state index in [1.807, 2.05) is 48.5 Å². The summed E-state index contributed by atoms with van der Waals surface area (Å²) < 4.78 is 0. The lowest BCUT2D eigenvalue weighted by atomic mass is 10.1. The van der Waals surface area contributed by atoms with Gasteiger partial charge in [0.15, 0.2) is 0 Å². The quantitative estimate of drug-likeness (QED) is 0.690. The molecule has 4 heteroatoms. The van der Waals surface area contributed by atoms with Gasteiger partial charge in [0.25, 0.3) is 0 Å². The van der Waals surface area contributed by atoms with E-state index in [4.69, 9.17) is 0 Å². The molecule has 0 aliphatic rings. The van der Waals surface area contributed by atoms with Crippen LogP contribution in [0.5, 0.6) is 0 Å². The molecule has 0 aromatic heterocycles. The van der Waals surface area contributed by atoms with E-state index in [1.54, 1.807) is 0 Å². The van der Waals surface area contributed by atoms with Crippen LogP contribution in [-0.2, 0) is 22.6 Å². The van der Waals surface area contributed by atoms with Crippen LogP contribution in [0.25, 0.3) is 10.8 Å². The summed E-state index contributed by atoms with van der Waals surface area (Å²) >= 11 is 0. The van der Waals surface area contributed by atoms with Crippen LogP contribution < -0.4 is 10.6 Å². The summed E-state index contributed by atoms with van der Waals surface area (Å²) in [5, 5.41) is 8.03. The van der Waals surface area contributed by atoms with Gasteiger partial charge in [-0.05, 0) is 28.0 Å². The second kappa shape index (κ2) is 8.81. The topological polar surface area (TPSA) is 58.2 Å². The summed E-state index contributed by atoms with van der Waals surface area (Å²) in [5.74, 6) is -0.142. The molecule has 0 saturated heterocycles. The molecule has 0 aliphatic heterocycles. The van der Waals surface area contributed by atoms with Crippen molar-refractivity contribution in [2.45, 2.75) is 19.4 Å². The first-order chi connectivity index (χ1) is 12.7. The summed E-state index contributed by atoms with van der Waals surface area (Å²) in [5.41, 5.74) is 2.02. The van der Waals surface area contributed by atoms with E-state index in [9.17, 15) is 9.59 Å². The fourth-order valence-corrected chi connectivity index (χ4v) is 2.80. The predicted molar refractivity (Wildman–Crippen MR) is 104 cm³/mol. The molecular weight excluding hydrogens is 324 g/mol. The lowest BCUT2D eigenvalue weighted by Gasteiger charge is -2.08. The lowest BCUT2D eigenvalue weighted by Crippen LogP contribution is -2.31. The molecular formula is C22H22N2O2. The Kier molecular flexibility index (Phi) is 5.99. The zero-order valence-corrected chi connectivity index (χ0v) is 14.6. The van der Waals surface area contributed by atoms with E-state index in [0.717, 1.165) is 16.5 Å². The fraction of sp³-hybridized carbons (Fsp3) is 0.182. The van der Waals surface area contributed by atoms with Crippen molar-refractivity contribution in [1.82, 2.24) is 10.6 Å². The van der Waals surface area contributed by atoms with Gasteiger partial charge in [-0.1, -0.05) is 66.7 Å². The summed E-state index contributed by atoms with van der Waals surface area (Å²) in [6.45, 7) is 0.830. The van der Waals surface area contributed by atoms with Crippen molar-refractivity contribution < 1.29 is 9.59 Å². The van der Waals surface area contributed by atoms with Gasteiger partial charge in [-0.25, -0.2) is 0 Å². The molecule has 3 aromatic rings. The predicted octanol–water partition coefficient (Wildman–Crippen LogP) is 3.21. The number of nitrogens with one attached hydrogen (secondary N) is 2. The lowest BCUT2D eigenvalue weighted by molar-refractivity contribution is -0.122. The van der Waals surface area contributed by atoms with Gasteiger partial charge in [0, 0.05) is 19.5 Å². The molecule has 0 aliphatic carbocycles. The first-order valence-corrected chi connectivity index (χ1v) is 8.76. The van der Waals surface area contributed by atoms with Crippen molar-refractivity contribution in [3.05, 3.63) is 83.9 Å². The average Bonchev–Trinajstić information content (AvgIpc) is 2.67. The third-order valence-corrected chi connectivity index (χ3v) is 4.19. The summed E-state index contributed by atoms with van der Waals surface area (Å²) in [6, 6.07) is 23.8. The first kappa shape index (κ1) is 17.7. The second-order valence-electron chi connectivity index (χ2n) is 6.22. The third kappa shape index (κ3) is 5.18. The number of hydrogen-bond acceptors (Lipinski definition) is 2. The molecule has 4 nitrogen and oxygen atoms in total. The van der Waals surface area contributed by atoms with Crippen molar-refractivity contribution in [3.63, 3.8) is 0 Å². The standard InChI is InChI=1S/C22H22N2O2/c25-21(12-13-23-22(26)15-17-6-2-1-3-7-17)24-16-18-10-11-19-8-4-5-9-20(19)14-18/h1-11,14H,12-13,15-16H2,(H,23,26)(H,24,25). The van der Waals surface area contributed by atoms with E-state index in [2.05, 4.69) is 34.9 Å². The van der Waals surface area contributed by atoms with Gasteiger partial charge < -0.3 is 10.6 Å². The Morgan fingerprint density at radius 1 is 0.692 bits per heavy atom. The average molecular weight is 346 g/mol. The summed E-state index contributed by atoms with van der Waals surface area (Å²) in [4.78, 5) is 23.8. The molecule has 132 valence electrons. The van der Waals surface area contributed by atoms with E-state index >= 15 is 0 Å². The Morgan fingerprint density at radius 3 is 2.23 bits per heavy atom. The van der Waals surface area contributed by atoms with Crippen molar-refractivity contribution in [2.24, 2.45) is 0 Å². The van der Waals surface area contributed by atoms with Crippen LogP contribution in [0.15, 0.2) is 72.8 Å². The van der Waals surface area contributed by atoms with Gasteiger partial charge in [-0.2, -0.15) is 0 Å². The monoisotopic (exact) mass is 346 g/mol. The molecule has 2 amide bonds. The number of carbonyl (C=O) groups is 2. The summed E-state index contributed by atoms with van der Waals surface area (Å²) in [6.07, 6.45) is 0.605. The number of hydrogen-bond donors (Lipinski definition) is 2. The highest BCUT2D eigenvalue weighted by atomic mass is 16.2. The molecule has 0 heterocycles. The highest BCUT2D eigenvalue weighted by Gasteiger charge is 2.05. The number of benzene rings is 3. The molecule has 0 unspecified atom stereocenters. The van der Waals surface area contributed by atoms with E-state index < -0.39 is 0 Å². The van der Waals surface area contributed by atoms with Crippen LogP contribution in [0.1, 0.15) is 17.5 Å². The zero-order valence-electron chi connectivity index (χ0n) is 14.6. The minimum Gasteiger partial charge on any atom is -0.355 e. The van der Waals surface area contributed by atoms with E-state index in [1.165, 1.54) is 5.39 Å². The Morgan fingerprint density at radius 2 is 1.42 bits per heavy atom. The molecule has 0 atom stereocenters. The van der Waals surface area contributed by atoms with Gasteiger partial charge >= 0.3 is 0 Å². The molecule has 0 radical (unpaired) electrons. The third-order valence-electron chi connectivity index (χ3n) is 4.19. The molecule has 3 rings (SSSR count). The van der Waals surface area contributed by atoms with Gasteiger partial charge in [-0.3, -0.25) is 9.59 Å². The maximum absolute atomic E-state index is 12.0. The second-order valence-corrected chi connectivity index (χ2v) is 6.22. The molecule has 3 aromatic carbocycles. The summed E-state index contributed by atoms with van der Waals surface area (Å²) in [7, 11) is 0. The van der Waals surface area contributed by atoms with Crippen molar-refractivity contribution in [1.29, 1.82) is 0 Å². The smallest absolute Gasteiger partial charge is 0.224 e. The Bertz CT molecular complexity index is 891. The molecule has 26 heavy (non-hydrogen) atoms. The Balaban J connectivity index is 1.39. The van der Waals surface area contributed by atoms with Crippen LogP contribution in [0.4, 0.5) is 0 Å². The van der Waals surface area contributed by atoms with Crippen LogP contribution >= 0.6 is 0 Å². The molecule has 2 N–H and O–H groups in total. The number of fused-ring (bicyclic) bond motifs is 1. The van der Waals surface area contributed by atoms with Gasteiger partial charge in [0.1, 0.15) is 0 Å². The number of carbonyl (C=O) groups excluding carboxylic acids is 2. The first-order valence-electron chi connectivity index (χ1n) is 8.76. The largest absolute Gasteiger partial charge is 0.355 e. The van der Waals surface area contributed by atoms with Crippen molar-refractivity contribution >= 4 is 22.6 Å². The maximum Gasteiger partial charge on any atom is 0.224 e. The minimum absolute atomic E-state index is 0.0708. The Hall–Kier alpha value is -3.14. The Labute approximate surface area is 153 Å². The molecule has 0 saturated carbocycles. The number of rotatable bonds is 7. The van der Waals surface area contributed by atoms with E-state index in [-0.39, 0.29) is 18.2 Å². The van der Waals surface area contributed by atoms with Crippen LogP contribution in [0, 0.1) is 0 Å². The van der Waals surface area contributed by atoms with Gasteiger partial charge in [0.2, 0.25) is 11.8 Å². The highest BCUT2D eigenvalue weighted by Crippen LogP contribution is 2.15. The van der Waals surface area contributed by atoms with Gasteiger partial charge in [-0.15, -0.1) is 0 Å².